The largest absolute Gasteiger partial charge is 0.494 e. The molecule has 0 spiro atoms. The quantitative estimate of drug-likeness (QED) is 0.142. The van der Waals surface area contributed by atoms with E-state index in [0.29, 0.717) is 61.1 Å². The van der Waals surface area contributed by atoms with Crippen molar-refractivity contribution in [2.24, 2.45) is 7.05 Å². The molecule has 3 heterocycles. The average Bonchev–Trinajstić information content (AvgIpc) is 3.63. The Bertz CT molecular complexity index is 1650. The lowest BCUT2D eigenvalue weighted by Crippen LogP contribution is -2.29. The predicted molar refractivity (Wildman–Crippen MR) is 170 cm³/mol. The molecule has 1 saturated heterocycles. The number of nitro benzene ring substituents is 1. The normalized spacial score (nSPS) is 14.4. The number of benzene rings is 2. The van der Waals surface area contributed by atoms with Crippen LogP contribution in [-0.2, 0) is 16.5 Å². The molecule has 13 nitrogen and oxygen atoms in total. The number of hydrogen-bond acceptors (Lipinski definition) is 11. The number of aryl methyl sites for hydroxylation is 1. The first kappa shape index (κ1) is 32.2. The van der Waals surface area contributed by atoms with Crippen LogP contribution in [0.1, 0.15) is 24.2 Å². The first-order valence-corrected chi connectivity index (χ1v) is 13.9. The summed E-state index contributed by atoms with van der Waals surface area (Å²) in [6, 6.07) is 10.8. The summed E-state index contributed by atoms with van der Waals surface area (Å²) in [6.07, 6.45) is 3.59. The summed E-state index contributed by atoms with van der Waals surface area (Å²) in [5.74, 6) is -0.0503. The molecule has 1 aliphatic heterocycles. The third kappa shape index (κ3) is 6.74. The molecule has 2 aromatic heterocycles. The molecule has 4 aromatic rings. The Morgan fingerprint density at radius 1 is 1.23 bits per heavy atom. The standard InChI is InChI=1S/C30H35N7O6.CH4/c1-34(2)11-12-35(3)25-15-27(41-5)23(14-26(25)37(39)40)32-30-31-16-21(29(38)43-19-10-13-42-18-19)28(33-30)22-17-36(4)24-9-7-6-8-20(22)24;/h6-9,14-17,19H,10-13,18H2,1-5H3,(H,31,32,33);1H4/t19-;/m1./s1. The van der Waals surface area contributed by atoms with Crippen LogP contribution >= 0.6 is 0 Å². The number of esters is 1. The number of nitro groups is 1. The van der Waals surface area contributed by atoms with Crippen LogP contribution in [0.15, 0.2) is 48.8 Å². The number of carbonyl (C=O) groups is 1. The number of hydrogen-bond donors (Lipinski definition) is 1. The number of ether oxygens (including phenoxy) is 3. The second kappa shape index (κ2) is 13.7. The van der Waals surface area contributed by atoms with E-state index < -0.39 is 10.9 Å². The van der Waals surface area contributed by atoms with Gasteiger partial charge in [-0.1, -0.05) is 25.6 Å². The number of fused-ring (bicyclic) bond motifs is 1. The van der Waals surface area contributed by atoms with Gasteiger partial charge in [-0.15, -0.1) is 0 Å². The number of aromatic nitrogens is 3. The number of carbonyl (C=O) groups excluding carboxylic acids is 1. The summed E-state index contributed by atoms with van der Waals surface area (Å²) in [6.45, 7) is 2.16. The van der Waals surface area contributed by atoms with E-state index in [-0.39, 0.29) is 30.7 Å². The number of methoxy groups -OCH3 is 1. The van der Waals surface area contributed by atoms with Gasteiger partial charge in [0.2, 0.25) is 5.95 Å². The van der Waals surface area contributed by atoms with Crippen molar-refractivity contribution in [2.75, 3.05) is 64.8 Å². The molecule has 2 aromatic carbocycles. The van der Waals surface area contributed by atoms with Crippen molar-refractivity contribution in [1.82, 2.24) is 19.4 Å². The van der Waals surface area contributed by atoms with Gasteiger partial charge in [-0.25, -0.2) is 14.8 Å². The minimum absolute atomic E-state index is 0. The van der Waals surface area contributed by atoms with Gasteiger partial charge in [-0.3, -0.25) is 10.1 Å². The fourth-order valence-corrected chi connectivity index (χ4v) is 5.01. The molecule has 0 amide bonds. The first-order chi connectivity index (χ1) is 20.7. The van der Waals surface area contributed by atoms with E-state index >= 15 is 0 Å². The van der Waals surface area contributed by atoms with Gasteiger partial charge in [-0.05, 0) is 20.2 Å². The van der Waals surface area contributed by atoms with Gasteiger partial charge < -0.3 is 33.9 Å². The number of anilines is 3. The molecule has 0 unspecified atom stereocenters. The second-order valence-electron chi connectivity index (χ2n) is 10.7. The molecule has 13 heteroatoms. The average molecular weight is 606 g/mol. The van der Waals surface area contributed by atoms with Crippen LogP contribution < -0.4 is 15.0 Å². The Morgan fingerprint density at radius 3 is 2.68 bits per heavy atom. The van der Waals surface area contributed by atoms with Crippen molar-refractivity contribution in [2.45, 2.75) is 20.0 Å². The number of para-hydroxylation sites is 1. The van der Waals surface area contributed by atoms with Gasteiger partial charge in [0, 0.05) is 74.6 Å². The van der Waals surface area contributed by atoms with Crippen LogP contribution in [0.4, 0.5) is 23.0 Å². The fourth-order valence-electron chi connectivity index (χ4n) is 5.01. The molecule has 1 atom stereocenters. The minimum Gasteiger partial charge on any atom is -0.494 e. The Morgan fingerprint density at radius 2 is 2.00 bits per heavy atom. The lowest BCUT2D eigenvalue weighted by atomic mass is 10.1. The van der Waals surface area contributed by atoms with E-state index in [4.69, 9.17) is 19.2 Å². The molecule has 0 saturated carbocycles. The van der Waals surface area contributed by atoms with Gasteiger partial charge >= 0.3 is 5.97 Å². The number of nitrogens with zero attached hydrogens (tertiary/aromatic N) is 6. The van der Waals surface area contributed by atoms with Crippen LogP contribution in [0.25, 0.3) is 22.2 Å². The Balaban J connectivity index is 0.00000442. The highest BCUT2D eigenvalue weighted by atomic mass is 16.6. The molecule has 5 rings (SSSR count). The van der Waals surface area contributed by atoms with Crippen molar-refractivity contribution < 1.29 is 23.9 Å². The predicted octanol–water partition coefficient (Wildman–Crippen LogP) is 4.88. The smallest absolute Gasteiger partial charge is 0.342 e. The molecular weight excluding hydrogens is 566 g/mol. The monoisotopic (exact) mass is 605 g/mol. The van der Waals surface area contributed by atoms with E-state index in [9.17, 15) is 14.9 Å². The van der Waals surface area contributed by atoms with Crippen molar-refractivity contribution in [1.29, 1.82) is 0 Å². The summed E-state index contributed by atoms with van der Waals surface area (Å²) in [4.78, 5) is 38.0. The summed E-state index contributed by atoms with van der Waals surface area (Å²) in [5.41, 5.74) is 2.87. The maximum Gasteiger partial charge on any atom is 0.342 e. The maximum absolute atomic E-state index is 13.3. The van der Waals surface area contributed by atoms with Crippen LogP contribution in [0.2, 0.25) is 0 Å². The summed E-state index contributed by atoms with van der Waals surface area (Å²) >= 11 is 0. The highest BCUT2D eigenvalue weighted by Gasteiger charge is 2.27. The van der Waals surface area contributed by atoms with Crippen LogP contribution in [0.5, 0.6) is 5.75 Å². The van der Waals surface area contributed by atoms with Gasteiger partial charge in [0.15, 0.2) is 0 Å². The van der Waals surface area contributed by atoms with Crippen molar-refractivity contribution in [3.8, 4) is 17.0 Å². The first-order valence-electron chi connectivity index (χ1n) is 13.9. The van der Waals surface area contributed by atoms with Crippen molar-refractivity contribution >= 4 is 39.9 Å². The SMILES string of the molecule is C.COc1cc(N(C)CCN(C)C)c([N+](=O)[O-])cc1Nc1ncc(C(=O)O[C@@H]2CCOC2)c(-c2cn(C)c3ccccc23)n1. The van der Waals surface area contributed by atoms with E-state index in [1.54, 1.807) is 13.1 Å². The molecule has 1 N–H and O–H groups in total. The lowest BCUT2D eigenvalue weighted by molar-refractivity contribution is -0.384. The number of likely N-dealkylation sites (N-methyl/N-ethyl adjacent to an activating group) is 2. The zero-order valence-electron chi connectivity index (χ0n) is 24.9. The molecule has 234 valence electrons. The van der Waals surface area contributed by atoms with Gasteiger partial charge in [0.25, 0.3) is 5.69 Å². The van der Waals surface area contributed by atoms with Crippen LogP contribution in [0, 0.1) is 10.1 Å². The molecule has 1 fully saturated rings. The Hall–Kier alpha value is -4.75. The van der Waals surface area contributed by atoms with Gasteiger partial charge in [0.05, 0.1) is 36.6 Å². The van der Waals surface area contributed by atoms with Crippen LogP contribution in [0.3, 0.4) is 0 Å². The van der Waals surface area contributed by atoms with Crippen LogP contribution in [-0.4, -0.2) is 91.0 Å². The highest BCUT2D eigenvalue weighted by Crippen LogP contribution is 2.39. The topological polar surface area (TPSA) is 137 Å². The van der Waals surface area contributed by atoms with Gasteiger partial charge in [0.1, 0.15) is 23.1 Å². The third-order valence-corrected chi connectivity index (χ3v) is 7.36. The number of rotatable bonds is 11. The Kier molecular flexibility index (Phi) is 10.0. The van der Waals surface area contributed by atoms with E-state index in [0.717, 1.165) is 10.9 Å². The number of nitrogens with one attached hydrogen (secondary N) is 1. The van der Waals surface area contributed by atoms with Crippen molar-refractivity contribution in [3.63, 3.8) is 0 Å². The van der Waals surface area contributed by atoms with Crippen molar-refractivity contribution in [3.05, 3.63) is 64.5 Å². The summed E-state index contributed by atoms with van der Waals surface area (Å²) < 4.78 is 18.6. The lowest BCUT2D eigenvalue weighted by Gasteiger charge is -2.22. The Labute approximate surface area is 256 Å². The second-order valence-corrected chi connectivity index (χ2v) is 10.7. The molecule has 0 aliphatic carbocycles. The fraction of sp³-hybridized carbons (Fsp3) is 0.387. The highest BCUT2D eigenvalue weighted by molar-refractivity contribution is 6.03. The zero-order chi connectivity index (χ0) is 30.7. The van der Waals surface area contributed by atoms with E-state index in [1.165, 1.54) is 19.4 Å². The van der Waals surface area contributed by atoms with E-state index in [1.807, 2.05) is 66.0 Å². The van der Waals surface area contributed by atoms with Gasteiger partial charge in [-0.2, -0.15) is 0 Å². The maximum atomic E-state index is 13.3. The zero-order valence-corrected chi connectivity index (χ0v) is 24.9. The molecule has 0 radical (unpaired) electrons. The summed E-state index contributed by atoms with van der Waals surface area (Å²) in [5, 5.41) is 16.1. The molecule has 0 bridgehead atoms. The third-order valence-electron chi connectivity index (χ3n) is 7.36. The molecule has 1 aliphatic rings. The van der Waals surface area contributed by atoms with E-state index in [2.05, 4.69) is 10.3 Å². The summed E-state index contributed by atoms with van der Waals surface area (Å²) in [7, 11) is 9.09. The minimum atomic E-state index is -0.552. The molecule has 44 heavy (non-hydrogen) atoms. The molecular formula is C31H39N7O6.